The second kappa shape index (κ2) is 8.57. The number of nitrogens with two attached hydrogens (primary N) is 1. The highest BCUT2D eigenvalue weighted by molar-refractivity contribution is 7.89. The SMILES string of the molecule is CN(C(F)(F)CF)S(=O)(=O)c1ccc(NC(=O)[C@@H](N)C2CCCCC2)cc1. The zero-order valence-corrected chi connectivity index (χ0v) is 15.8. The maximum atomic E-state index is 13.3. The van der Waals surface area contributed by atoms with Crippen LogP contribution in [0.1, 0.15) is 32.1 Å². The van der Waals surface area contributed by atoms with E-state index >= 15 is 0 Å². The van der Waals surface area contributed by atoms with Gasteiger partial charge in [-0.3, -0.25) is 4.79 Å². The van der Waals surface area contributed by atoms with Gasteiger partial charge in [0.05, 0.1) is 10.9 Å². The Morgan fingerprint density at radius 3 is 2.33 bits per heavy atom. The van der Waals surface area contributed by atoms with Gasteiger partial charge in [0.2, 0.25) is 15.9 Å². The predicted octanol–water partition coefficient (Wildman–Crippen LogP) is 2.72. The van der Waals surface area contributed by atoms with Gasteiger partial charge < -0.3 is 11.1 Å². The molecular weight excluding hydrogens is 383 g/mol. The Labute approximate surface area is 157 Å². The van der Waals surface area contributed by atoms with Gasteiger partial charge in [-0.15, -0.1) is 4.31 Å². The topological polar surface area (TPSA) is 92.5 Å². The van der Waals surface area contributed by atoms with E-state index in [1.807, 2.05) is 0 Å². The van der Waals surface area contributed by atoms with Crippen LogP contribution in [0.25, 0.3) is 0 Å². The standard InChI is InChI=1S/C17H24F3N3O3S/c1-23(17(19,20)11-18)27(25,26)14-9-7-13(8-10-14)22-16(24)15(21)12-5-3-2-4-6-12/h7-10,12,15H,2-6,11,21H2,1H3,(H,22,24)/t15-/m0/s1. The number of carbonyl (C=O) groups is 1. The Balaban J connectivity index is 2.07. The lowest BCUT2D eigenvalue weighted by Crippen LogP contribution is -2.44. The van der Waals surface area contributed by atoms with Gasteiger partial charge in [0.1, 0.15) is 0 Å². The van der Waals surface area contributed by atoms with E-state index in [9.17, 15) is 26.4 Å². The number of benzene rings is 1. The van der Waals surface area contributed by atoms with Crippen molar-refractivity contribution in [3.8, 4) is 0 Å². The summed E-state index contributed by atoms with van der Waals surface area (Å²) >= 11 is 0. The van der Waals surface area contributed by atoms with Crippen LogP contribution in [-0.2, 0) is 14.8 Å². The first kappa shape index (κ1) is 21.6. The second-order valence-corrected chi connectivity index (χ2v) is 8.68. The molecule has 0 unspecified atom stereocenters. The molecule has 0 radical (unpaired) electrons. The smallest absolute Gasteiger partial charge is 0.325 e. The van der Waals surface area contributed by atoms with Crippen molar-refractivity contribution in [1.29, 1.82) is 0 Å². The molecule has 2 rings (SSSR count). The highest BCUT2D eigenvalue weighted by Gasteiger charge is 2.42. The van der Waals surface area contributed by atoms with Crippen molar-refractivity contribution < 1.29 is 26.4 Å². The summed E-state index contributed by atoms with van der Waals surface area (Å²) in [5, 5.41) is 2.61. The highest BCUT2D eigenvalue weighted by atomic mass is 32.2. The zero-order valence-electron chi connectivity index (χ0n) is 15.0. The molecule has 10 heteroatoms. The summed E-state index contributed by atoms with van der Waals surface area (Å²) in [4.78, 5) is 11.8. The number of nitrogens with zero attached hydrogens (tertiary/aromatic N) is 1. The number of amides is 1. The van der Waals surface area contributed by atoms with Crippen LogP contribution in [0.5, 0.6) is 0 Å². The van der Waals surface area contributed by atoms with Gasteiger partial charge in [-0.05, 0) is 43.0 Å². The van der Waals surface area contributed by atoms with Gasteiger partial charge in [-0.25, -0.2) is 12.8 Å². The highest BCUT2D eigenvalue weighted by Crippen LogP contribution is 2.28. The lowest BCUT2D eigenvalue weighted by Gasteiger charge is -2.26. The van der Waals surface area contributed by atoms with Crippen molar-refractivity contribution in [2.45, 2.75) is 49.1 Å². The average molecular weight is 407 g/mol. The van der Waals surface area contributed by atoms with E-state index < -0.39 is 33.7 Å². The Kier molecular flexibility index (Phi) is 6.87. The van der Waals surface area contributed by atoms with Crippen LogP contribution in [0.3, 0.4) is 0 Å². The fourth-order valence-corrected chi connectivity index (χ4v) is 4.26. The number of sulfonamides is 1. The second-order valence-electron chi connectivity index (χ2n) is 6.71. The monoisotopic (exact) mass is 407 g/mol. The number of rotatable bonds is 7. The first-order valence-electron chi connectivity index (χ1n) is 8.69. The van der Waals surface area contributed by atoms with Gasteiger partial charge in [0.15, 0.2) is 6.67 Å². The normalized spacial score (nSPS) is 17.7. The van der Waals surface area contributed by atoms with Crippen molar-refractivity contribution in [3.63, 3.8) is 0 Å². The number of carbonyl (C=O) groups excluding carboxylic acids is 1. The molecule has 152 valence electrons. The Hall–Kier alpha value is -1.65. The maximum absolute atomic E-state index is 13.3. The summed E-state index contributed by atoms with van der Waals surface area (Å²) in [7, 11) is -3.98. The molecule has 1 aliphatic rings. The molecule has 1 fully saturated rings. The van der Waals surface area contributed by atoms with E-state index in [4.69, 9.17) is 5.73 Å². The maximum Gasteiger partial charge on any atom is 0.345 e. The van der Waals surface area contributed by atoms with Gasteiger partial charge in [0, 0.05) is 12.7 Å². The minimum Gasteiger partial charge on any atom is -0.325 e. The van der Waals surface area contributed by atoms with Crippen LogP contribution in [0.2, 0.25) is 0 Å². The molecule has 0 aromatic heterocycles. The summed E-state index contributed by atoms with van der Waals surface area (Å²) in [5.41, 5.74) is 6.30. The van der Waals surface area contributed by atoms with Crippen LogP contribution >= 0.6 is 0 Å². The molecule has 1 aromatic carbocycles. The molecule has 1 saturated carbocycles. The van der Waals surface area contributed by atoms with Gasteiger partial charge in [-0.2, -0.15) is 8.78 Å². The molecule has 0 aliphatic heterocycles. The fourth-order valence-electron chi connectivity index (χ4n) is 3.06. The third kappa shape index (κ3) is 4.99. The molecule has 6 nitrogen and oxygen atoms in total. The van der Waals surface area contributed by atoms with Gasteiger partial charge in [0.25, 0.3) is 0 Å². The average Bonchev–Trinajstić information content (AvgIpc) is 2.67. The summed E-state index contributed by atoms with van der Waals surface area (Å²) in [5.74, 6) is -0.270. The molecule has 0 heterocycles. The van der Waals surface area contributed by atoms with E-state index in [-0.39, 0.29) is 16.1 Å². The number of anilines is 1. The number of alkyl halides is 3. The van der Waals surface area contributed by atoms with Crippen molar-refractivity contribution in [2.24, 2.45) is 11.7 Å². The van der Waals surface area contributed by atoms with Crippen LogP contribution in [0.4, 0.5) is 18.9 Å². The van der Waals surface area contributed by atoms with Crippen LogP contribution < -0.4 is 11.1 Å². The lowest BCUT2D eigenvalue weighted by atomic mass is 9.84. The van der Waals surface area contributed by atoms with Crippen LogP contribution in [0, 0.1) is 5.92 Å². The first-order chi connectivity index (χ1) is 12.6. The lowest BCUT2D eigenvalue weighted by molar-refractivity contribution is -0.118. The minimum atomic E-state index is -4.58. The van der Waals surface area contributed by atoms with E-state index in [1.54, 1.807) is 0 Å². The van der Waals surface area contributed by atoms with Crippen molar-refractivity contribution in [2.75, 3.05) is 19.0 Å². The summed E-state index contributed by atoms with van der Waals surface area (Å²) in [6.45, 7) is -2.13. The first-order valence-corrected chi connectivity index (χ1v) is 10.1. The quantitative estimate of drug-likeness (QED) is 0.680. The van der Waals surface area contributed by atoms with Crippen molar-refractivity contribution in [1.82, 2.24) is 4.31 Å². The number of halogens is 3. The summed E-state index contributed by atoms with van der Waals surface area (Å²) in [6.07, 6.45) is 4.99. The van der Waals surface area contributed by atoms with E-state index in [2.05, 4.69) is 5.32 Å². The number of hydrogen-bond acceptors (Lipinski definition) is 4. The molecule has 1 aromatic rings. The largest absolute Gasteiger partial charge is 0.345 e. The Morgan fingerprint density at radius 1 is 1.26 bits per heavy atom. The number of nitrogens with one attached hydrogen (secondary N) is 1. The van der Waals surface area contributed by atoms with Crippen molar-refractivity contribution >= 4 is 21.6 Å². The summed E-state index contributed by atoms with van der Waals surface area (Å²) in [6, 6.07) is -0.106. The third-order valence-electron chi connectivity index (χ3n) is 4.86. The predicted molar refractivity (Wildman–Crippen MR) is 95.5 cm³/mol. The number of hydrogen-bond donors (Lipinski definition) is 2. The van der Waals surface area contributed by atoms with Gasteiger partial charge in [-0.1, -0.05) is 19.3 Å². The Morgan fingerprint density at radius 2 is 1.81 bits per heavy atom. The minimum absolute atomic E-state index is 0.106. The molecule has 0 saturated heterocycles. The Bertz CT molecular complexity index is 750. The molecule has 1 atom stereocenters. The van der Waals surface area contributed by atoms with Crippen molar-refractivity contribution in [3.05, 3.63) is 24.3 Å². The van der Waals surface area contributed by atoms with E-state index in [0.29, 0.717) is 12.7 Å². The molecule has 0 spiro atoms. The third-order valence-corrected chi connectivity index (χ3v) is 6.72. The zero-order chi connectivity index (χ0) is 20.2. The van der Waals surface area contributed by atoms with E-state index in [0.717, 1.165) is 44.2 Å². The van der Waals surface area contributed by atoms with Crippen LogP contribution in [0.15, 0.2) is 29.2 Å². The van der Waals surface area contributed by atoms with Gasteiger partial charge >= 0.3 is 6.05 Å². The molecule has 1 aliphatic carbocycles. The molecule has 3 N–H and O–H groups in total. The molecule has 0 bridgehead atoms. The molecule has 27 heavy (non-hydrogen) atoms. The van der Waals surface area contributed by atoms with E-state index in [1.165, 1.54) is 12.1 Å². The molecule has 1 amide bonds. The fraction of sp³-hybridized carbons (Fsp3) is 0.588. The summed E-state index contributed by atoms with van der Waals surface area (Å²) < 4.78 is 63.1. The van der Waals surface area contributed by atoms with Crippen LogP contribution in [-0.4, -0.2) is 44.4 Å². The molecular formula is C17H24F3N3O3S.